The number of rotatable bonds is 7. The lowest BCUT2D eigenvalue weighted by molar-refractivity contribution is -0.282. The molecule has 0 aromatic carbocycles. The Balaban J connectivity index is 2.83. The van der Waals surface area contributed by atoms with Gasteiger partial charge in [-0.15, -0.1) is 0 Å². The second-order valence-electron chi connectivity index (χ2n) is 6.07. The number of nitrogens with one attached hydrogen (secondary N) is 1. The Kier molecular flexibility index (Phi) is 7.72. The van der Waals surface area contributed by atoms with Gasteiger partial charge in [-0.2, -0.15) is 34.8 Å². The third kappa shape index (κ3) is 8.08. The van der Waals surface area contributed by atoms with Gasteiger partial charge >= 0.3 is 18.3 Å². The molecule has 0 aromatic heterocycles. The van der Waals surface area contributed by atoms with Gasteiger partial charge in [-0.05, 0) is 12.8 Å². The van der Waals surface area contributed by atoms with E-state index in [0.717, 1.165) is 19.3 Å². The Bertz CT molecular complexity index is 557. The van der Waals surface area contributed by atoms with E-state index in [2.05, 4.69) is 10.1 Å². The minimum absolute atomic E-state index is 0.132. The molecule has 0 aromatic rings. The minimum Gasteiger partial charge on any atom is -0.459 e. The third-order valence-electron chi connectivity index (χ3n) is 3.81. The maximum Gasteiger partial charge on any atom is 0.411 e. The molecule has 0 radical (unpaired) electrons. The number of hydrogen-bond acceptors (Lipinski definition) is 5. The lowest BCUT2D eigenvalue weighted by atomic mass is 9.95. The molecule has 1 fully saturated rings. The van der Waals surface area contributed by atoms with Gasteiger partial charge in [0.05, 0.1) is 0 Å². The van der Waals surface area contributed by atoms with Gasteiger partial charge in [-0.3, -0.25) is 9.35 Å². The highest BCUT2D eigenvalue weighted by atomic mass is 32.2. The molecule has 0 heterocycles. The molecule has 6 nitrogen and oxygen atoms in total. The van der Waals surface area contributed by atoms with Crippen LogP contribution in [0.2, 0.25) is 0 Å². The van der Waals surface area contributed by atoms with Crippen LogP contribution in [-0.4, -0.2) is 55.7 Å². The molecule has 0 bridgehead atoms. The highest BCUT2D eigenvalue weighted by molar-refractivity contribution is 7.85. The smallest absolute Gasteiger partial charge is 0.411 e. The molecule has 13 heteroatoms. The van der Waals surface area contributed by atoms with Crippen LogP contribution in [0.15, 0.2) is 0 Å². The average molecular weight is 415 g/mol. The molecular weight excluding hydrogens is 396 g/mol. The third-order valence-corrected chi connectivity index (χ3v) is 4.60. The molecule has 26 heavy (non-hydrogen) atoms. The van der Waals surface area contributed by atoms with E-state index in [1.807, 2.05) is 0 Å². The normalized spacial score (nSPS) is 18.8. The van der Waals surface area contributed by atoms with Crippen LogP contribution in [0.4, 0.5) is 26.3 Å². The fourth-order valence-corrected chi connectivity index (χ4v) is 3.32. The van der Waals surface area contributed by atoms with E-state index in [1.165, 1.54) is 0 Å². The van der Waals surface area contributed by atoms with Gasteiger partial charge in [0.25, 0.3) is 10.1 Å². The molecular formula is C13H19F6NO5S. The number of ether oxygens (including phenoxy) is 1. The Labute approximate surface area is 146 Å². The first-order chi connectivity index (χ1) is 11.7. The first-order valence-corrected chi connectivity index (χ1v) is 9.33. The number of esters is 1. The lowest BCUT2D eigenvalue weighted by Gasteiger charge is -2.27. The van der Waals surface area contributed by atoms with Crippen molar-refractivity contribution in [3.63, 3.8) is 0 Å². The second-order valence-corrected chi connectivity index (χ2v) is 7.56. The van der Waals surface area contributed by atoms with Crippen molar-refractivity contribution in [2.75, 3.05) is 12.3 Å². The van der Waals surface area contributed by atoms with E-state index in [0.29, 0.717) is 12.8 Å². The maximum absolute atomic E-state index is 12.5. The van der Waals surface area contributed by atoms with Crippen molar-refractivity contribution in [3.8, 4) is 0 Å². The molecule has 1 aliphatic rings. The molecule has 0 spiro atoms. The van der Waals surface area contributed by atoms with E-state index in [1.54, 1.807) is 0 Å². The summed E-state index contributed by atoms with van der Waals surface area (Å²) in [7, 11) is -4.80. The van der Waals surface area contributed by atoms with Gasteiger partial charge in [-0.1, -0.05) is 19.3 Å². The van der Waals surface area contributed by atoms with Crippen LogP contribution in [0.25, 0.3) is 0 Å². The highest BCUT2D eigenvalue weighted by Crippen LogP contribution is 2.40. The summed E-state index contributed by atoms with van der Waals surface area (Å²) in [6.07, 6.45) is -9.76. The molecule has 1 aliphatic carbocycles. The van der Waals surface area contributed by atoms with Gasteiger partial charge in [0, 0.05) is 12.6 Å². The summed E-state index contributed by atoms with van der Waals surface area (Å²) in [6.45, 7) is -0.501. The summed E-state index contributed by atoms with van der Waals surface area (Å²) in [5.41, 5.74) is 0. The Morgan fingerprint density at radius 2 is 1.58 bits per heavy atom. The molecule has 1 atom stereocenters. The van der Waals surface area contributed by atoms with Crippen molar-refractivity contribution in [1.29, 1.82) is 0 Å². The van der Waals surface area contributed by atoms with Crippen LogP contribution in [0.5, 0.6) is 0 Å². The Morgan fingerprint density at radius 3 is 2.00 bits per heavy atom. The van der Waals surface area contributed by atoms with E-state index < -0.39 is 52.8 Å². The molecule has 154 valence electrons. The van der Waals surface area contributed by atoms with Crippen molar-refractivity contribution in [2.45, 2.75) is 56.6 Å². The van der Waals surface area contributed by atoms with Crippen LogP contribution in [0.1, 0.15) is 32.1 Å². The maximum atomic E-state index is 12.5. The summed E-state index contributed by atoms with van der Waals surface area (Å²) < 4.78 is 110. The van der Waals surface area contributed by atoms with Crippen molar-refractivity contribution < 1.29 is 48.8 Å². The monoisotopic (exact) mass is 415 g/mol. The van der Waals surface area contributed by atoms with E-state index in [4.69, 9.17) is 4.55 Å². The van der Waals surface area contributed by atoms with Crippen LogP contribution in [0.3, 0.4) is 0 Å². The Hall–Kier alpha value is -1.08. The number of carbonyl (C=O) groups is 1. The van der Waals surface area contributed by atoms with Crippen LogP contribution in [0, 0.1) is 5.92 Å². The zero-order valence-corrected chi connectivity index (χ0v) is 14.3. The average Bonchev–Trinajstić information content (AvgIpc) is 2.41. The highest BCUT2D eigenvalue weighted by Gasteiger charge is 2.62. The molecule has 2 N–H and O–H groups in total. The van der Waals surface area contributed by atoms with Crippen molar-refractivity contribution in [1.82, 2.24) is 5.32 Å². The number of carbonyl (C=O) groups excluding carboxylic acids is 1. The molecule has 0 saturated heterocycles. The first kappa shape index (κ1) is 23.0. The quantitative estimate of drug-likeness (QED) is 0.377. The molecule has 1 saturated carbocycles. The topological polar surface area (TPSA) is 92.7 Å². The van der Waals surface area contributed by atoms with E-state index >= 15 is 0 Å². The zero-order chi connectivity index (χ0) is 20.2. The predicted molar refractivity (Wildman–Crippen MR) is 76.8 cm³/mol. The van der Waals surface area contributed by atoms with Gasteiger partial charge in [0.2, 0.25) is 5.92 Å². The Morgan fingerprint density at radius 1 is 1.08 bits per heavy atom. The first-order valence-electron chi connectivity index (χ1n) is 7.72. The summed E-state index contributed by atoms with van der Waals surface area (Å²) in [6, 6.07) is -0.132. The summed E-state index contributed by atoms with van der Waals surface area (Å²) in [4.78, 5) is 11.4. The largest absolute Gasteiger partial charge is 0.459 e. The van der Waals surface area contributed by atoms with E-state index in [-0.39, 0.29) is 6.04 Å². The van der Waals surface area contributed by atoms with Gasteiger partial charge in [-0.25, -0.2) is 0 Å². The number of halogens is 6. The van der Waals surface area contributed by atoms with Gasteiger partial charge in [0.15, 0.2) is 0 Å². The molecule has 0 aliphatic heterocycles. The van der Waals surface area contributed by atoms with Crippen LogP contribution < -0.4 is 5.32 Å². The fourth-order valence-electron chi connectivity index (χ4n) is 2.66. The summed E-state index contributed by atoms with van der Waals surface area (Å²) in [5.74, 6) is -8.38. The summed E-state index contributed by atoms with van der Waals surface area (Å²) in [5, 5.41) is 2.75. The minimum atomic E-state index is -5.95. The van der Waals surface area contributed by atoms with Gasteiger partial charge < -0.3 is 10.1 Å². The van der Waals surface area contributed by atoms with E-state index in [9.17, 15) is 39.6 Å². The van der Waals surface area contributed by atoms with Crippen LogP contribution in [-0.2, 0) is 19.6 Å². The zero-order valence-electron chi connectivity index (χ0n) is 13.4. The summed E-state index contributed by atoms with van der Waals surface area (Å²) >= 11 is 0. The molecule has 1 rings (SSSR count). The molecule has 0 amide bonds. The number of hydrogen-bond donors (Lipinski definition) is 2. The predicted octanol–water partition coefficient (Wildman–Crippen LogP) is 2.45. The lowest BCUT2D eigenvalue weighted by Crippen LogP contribution is -2.47. The van der Waals surface area contributed by atoms with Gasteiger partial charge in [0.1, 0.15) is 11.9 Å². The van der Waals surface area contributed by atoms with Crippen molar-refractivity contribution >= 4 is 16.1 Å². The number of alkyl halides is 6. The standard InChI is InChI=1S/C13H19F6NO5S/c14-12(15,16)10(13(17,18)19)11(21)25-9(7-26(22,23)24)6-20-8-4-2-1-3-5-8/h8-10,20H,1-7H2,(H,22,23,24). The molecule has 1 unspecified atom stereocenters. The SMILES string of the molecule is O=C(OC(CNC1CCCCC1)CS(=O)(=O)O)C(C(F)(F)F)C(F)(F)F. The van der Waals surface area contributed by atoms with Crippen molar-refractivity contribution in [2.24, 2.45) is 5.92 Å². The fraction of sp³-hybridized carbons (Fsp3) is 0.923. The second kappa shape index (κ2) is 8.74. The van der Waals surface area contributed by atoms with Crippen molar-refractivity contribution in [3.05, 3.63) is 0 Å². The van der Waals surface area contributed by atoms with Crippen LogP contribution >= 0.6 is 0 Å².